The van der Waals surface area contributed by atoms with Crippen LogP contribution in [0.5, 0.6) is 5.75 Å². The minimum Gasteiger partial charge on any atom is -0.492 e. The van der Waals surface area contributed by atoms with Gasteiger partial charge < -0.3 is 15.4 Å². The molecule has 8 nitrogen and oxygen atoms in total. The molecular formula is C24H31N3O5S2. The fourth-order valence-electron chi connectivity index (χ4n) is 3.52. The van der Waals surface area contributed by atoms with E-state index >= 15 is 0 Å². The zero-order chi connectivity index (χ0) is 24.6. The minimum atomic E-state index is -3.83. The lowest BCUT2D eigenvalue weighted by Gasteiger charge is -2.29. The van der Waals surface area contributed by atoms with E-state index in [0.717, 1.165) is 24.8 Å². The van der Waals surface area contributed by atoms with Gasteiger partial charge in [-0.3, -0.25) is 14.9 Å². The van der Waals surface area contributed by atoms with Crippen molar-refractivity contribution in [2.45, 2.75) is 48.8 Å². The summed E-state index contributed by atoms with van der Waals surface area (Å²) in [6, 6.07) is 13.9. The van der Waals surface area contributed by atoms with Crippen molar-refractivity contribution in [3.8, 4) is 5.75 Å². The maximum atomic E-state index is 13.0. The average Bonchev–Trinajstić information content (AvgIpc) is 2.83. The van der Waals surface area contributed by atoms with Crippen LogP contribution in [0.2, 0.25) is 0 Å². The Morgan fingerprint density at radius 1 is 1.15 bits per heavy atom. The van der Waals surface area contributed by atoms with Crippen LogP contribution in [0.1, 0.15) is 32.3 Å². The molecule has 0 radical (unpaired) electrons. The van der Waals surface area contributed by atoms with Gasteiger partial charge in [0.1, 0.15) is 11.2 Å². The van der Waals surface area contributed by atoms with Crippen molar-refractivity contribution in [3.05, 3.63) is 54.1 Å². The third kappa shape index (κ3) is 6.74. The smallest absolute Gasteiger partial charge is 0.241 e. The molecule has 10 heteroatoms. The third-order valence-corrected chi connectivity index (χ3v) is 8.45. The van der Waals surface area contributed by atoms with E-state index in [-0.39, 0.29) is 23.1 Å². The summed E-state index contributed by atoms with van der Waals surface area (Å²) in [4.78, 5) is 25.1. The third-order valence-electron chi connectivity index (χ3n) is 5.34. The topological polar surface area (TPSA) is 114 Å². The minimum absolute atomic E-state index is 0.0296. The highest BCUT2D eigenvalue weighted by Gasteiger charge is 2.38. The van der Waals surface area contributed by atoms with Gasteiger partial charge in [-0.05, 0) is 49.6 Å². The molecule has 0 aromatic heterocycles. The van der Waals surface area contributed by atoms with Gasteiger partial charge in [-0.15, -0.1) is 11.8 Å². The molecule has 0 bridgehead atoms. The quantitative estimate of drug-likeness (QED) is 0.430. The van der Waals surface area contributed by atoms with Gasteiger partial charge in [0.2, 0.25) is 11.8 Å². The van der Waals surface area contributed by atoms with Crippen molar-refractivity contribution in [1.29, 1.82) is 0 Å². The maximum absolute atomic E-state index is 13.0. The van der Waals surface area contributed by atoms with Crippen LogP contribution in [0.25, 0.3) is 0 Å². The Labute approximate surface area is 205 Å². The van der Waals surface area contributed by atoms with E-state index in [1.54, 1.807) is 42.5 Å². The number of para-hydroxylation sites is 2. The number of amides is 2. The van der Waals surface area contributed by atoms with E-state index in [0.29, 0.717) is 18.0 Å². The van der Waals surface area contributed by atoms with Crippen LogP contribution < -0.4 is 20.7 Å². The summed E-state index contributed by atoms with van der Waals surface area (Å²) >= 11 is 1.17. The molecule has 2 aromatic carbocycles. The Hall–Kier alpha value is -2.56. The second-order valence-corrected chi connectivity index (χ2v) is 11.1. The molecule has 2 aromatic rings. The molecule has 2 atom stereocenters. The number of benzene rings is 2. The van der Waals surface area contributed by atoms with Crippen molar-refractivity contribution >= 4 is 39.1 Å². The summed E-state index contributed by atoms with van der Waals surface area (Å²) < 4.78 is 31.5. The summed E-state index contributed by atoms with van der Waals surface area (Å²) in [5.41, 5.74) is 1.08. The Bertz CT molecular complexity index is 1090. The highest BCUT2D eigenvalue weighted by Crippen LogP contribution is 2.24. The zero-order valence-electron chi connectivity index (χ0n) is 19.4. The van der Waals surface area contributed by atoms with Gasteiger partial charge in [-0.25, -0.2) is 8.42 Å². The molecule has 0 spiro atoms. The molecule has 3 N–H and O–H groups in total. The standard InChI is InChI=1S/C24H31N3O5S2/c1-3-5-8-17-11-13-18(14-12-17)34(30,31)21-15-25-24(27-23(21)29)33-16-22(28)26-19-9-6-7-10-20(19)32-4-2/h6-7,9-14,21,24-25H,3-5,8,15-16H2,1-2H3,(H,26,28)(H,27,29). The number of thioether (sulfide) groups is 1. The second kappa shape index (κ2) is 12.2. The Morgan fingerprint density at radius 2 is 1.88 bits per heavy atom. The number of nitrogens with one attached hydrogen (secondary N) is 3. The number of unbranched alkanes of at least 4 members (excludes halogenated alkanes) is 1. The Kier molecular flexibility index (Phi) is 9.37. The molecule has 0 aliphatic carbocycles. The largest absolute Gasteiger partial charge is 0.492 e. The molecule has 1 aliphatic rings. The van der Waals surface area contributed by atoms with Crippen LogP contribution in [0.15, 0.2) is 53.4 Å². The molecule has 0 saturated carbocycles. The number of sulfone groups is 1. The number of hydrogen-bond donors (Lipinski definition) is 3. The average molecular weight is 506 g/mol. The van der Waals surface area contributed by atoms with Crippen LogP contribution in [-0.2, 0) is 25.8 Å². The van der Waals surface area contributed by atoms with E-state index in [9.17, 15) is 18.0 Å². The van der Waals surface area contributed by atoms with Crippen LogP contribution in [0.3, 0.4) is 0 Å². The highest BCUT2D eigenvalue weighted by atomic mass is 32.2. The molecule has 34 heavy (non-hydrogen) atoms. The number of anilines is 1. The molecule has 2 unspecified atom stereocenters. The van der Waals surface area contributed by atoms with Crippen molar-refractivity contribution < 1.29 is 22.7 Å². The second-order valence-electron chi connectivity index (χ2n) is 7.87. The maximum Gasteiger partial charge on any atom is 0.241 e. The Morgan fingerprint density at radius 3 is 2.56 bits per heavy atom. The van der Waals surface area contributed by atoms with Crippen molar-refractivity contribution in [2.75, 3.05) is 24.2 Å². The molecular weight excluding hydrogens is 474 g/mol. The first kappa shape index (κ1) is 26.1. The molecule has 184 valence electrons. The molecule has 1 aliphatic heterocycles. The lowest BCUT2D eigenvalue weighted by Crippen LogP contribution is -2.59. The van der Waals surface area contributed by atoms with Crippen molar-refractivity contribution in [2.24, 2.45) is 0 Å². The van der Waals surface area contributed by atoms with Gasteiger partial charge in [0, 0.05) is 6.54 Å². The predicted octanol–water partition coefficient (Wildman–Crippen LogP) is 2.95. The number of aryl methyl sites for hydroxylation is 1. The van der Waals surface area contributed by atoms with Gasteiger partial charge in [0.15, 0.2) is 15.1 Å². The van der Waals surface area contributed by atoms with Gasteiger partial charge in [0.05, 0.1) is 22.9 Å². The summed E-state index contributed by atoms with van der Waals surface area (Å²) in [6.07, 6.45) is 3.00. The number of carbonyl (C=O) groups excluding carboxylic acids is 2. The van der Waals surface area contributed by atoms with E-state index in [1.165, 1.54) is 11.8 Å². The first-order chi connectivity index (χ1) is 16.3. The lowest BCUT2D eigenvalue weighted by molar-refractivity contribution is -0.122. The lowest BCUT2D eigenvalue weighted by atomic mass is 10.1. The van der Waals surface area contributed by atoms with E-state index in [4.69, 9.17) is 4.74 Å². The fourth-order valence-corrected chi connectivity index (χ4v) is 5.83. The van der Waals surface area contributed by atoms with Gasteiger partial charge >= 0.3 is 0 Å². The summed E-state index contributed by atoms with van der Waals surface area (Å²) in [5.74, 6) is -0.187. The summed E-state index contributed by atoms with van der Waals surface area (Å²) in [5, 5.41) is 7.25. The summed E-state index contributed by atoms with van der Waals surface area (Å²) in [6.45, 7) is 4.42. The van der Waals surface area contributed by atoms with Crippen LogP contribution in [0, 0.1) is 0 Å². The monoisotopic (exact) mass is 505 g/mol. The highest BCUT2D eigenvalue weighted by molar-refractivity contribution is 8.00. The molecule has 1 saturated heterocycles. The normalized spacial score (nSPS) is 18.2. The van der Waals surface area contributed by atoms with Crippen LogP contribution >= 0.6 is 11.8 Å². The molecule has 2 amide bonds. The van der Waals surface area contributed by atoms with Crippen LogP contribution in [-0.4, -0.2) is 49.9 Å². The van der Waals surface area contributed by atoms with Crippen molar-refractivity contribution in [3.63, 3.8) is 0 Å². The van der Waals surface area contributed by atoms with E-state index in [1.807, 2.05) is 13.0 Å². The van der Waals surface area contributed by atoms with Crippen molar-refractivity contribution in [1.82, 2.24) is 10.6 Å². The van der Waals surface area contributed by atoms with E-state index < -0.39 is 26.5 Å². The number of rotatable bonds is 11. The van der Waals surface area contributed by atoms with Gasteiger partial charge in [-0.1, -0.05) is 37.6 Å². The predicted molar refractivity (Wildman–Crippen MR) is 135 cm³/mol. The van der Waals surface area contributed by atoms with Crippen LogP contribution in [0.4, 0.5) is 5.69 Å². The first-order valence-corrected chi connectivity index (χ1v) is 13.9. The number of carbonyl (C=O) groups is 2. The fraction of sp³-hybridized carbons (Fsp3) is 0.417. The number of hydrogen-bond acceptors (Lipinski definition) is 7. The molecule has 1 fully saturated rings. The summed E-state index contributed by atoms with van der Waals surface area (Å²) in [7, 11) is -3.83. The first-order valence-electron chi connectivity index (χ1n) is 11.3. The SMILES string of the molecule is CCCCc1ccc(S(=O)(=O)C2CNC(SCC(=O)Nc3ccccc3OCC)NC2=O)cc1. The van der Waals surface area contributed by atoms with Gasteiger partial charge in [-0.2, -0.15) is 0 Å². The van der Waals surface area contributed by atoms with E-state index in [2.05, 4.69) is 22.9 Å². The molecule has 1 heterocycles. The zero-order valence-corrected chi connectivity index (χ0v) is 21.0. The Balaban J connectivity index is 1.53. The van der Waals surface area contributed by atoms with Gasteiger partial charge in [0.25, 0.3) is 0 Å². The molecule has 3 rings (SSSR count). The number of ether oxygens (including phenoxy) is 1.